The van der Waals surface area contributed by atoms with Crippen LogP contribution in [-0.2, 0) is 0 Å². The summed E-state index contributed by atoms with van der Waals surface area (Å²) in [6.07, 6.45) is 2.81. The molecule has 13 heavy (non-hydrogen) atoms. The Morgan fingerprint density at radius 3 is 2.92 bits per heavy atom. The zero-order valence-electron chi connectivity index (χ0n) is 6.73. The van der Waals surface area contributed by atoms with Crippen LogP contribution in [0.4, 0.5) is 0 Å². The van der Waals surface area contributed by atoms with Crippen LogP contribution in [0.3, 0.4) is 0 Å². The Bertz CT molecular complexity index is 314. The van der Waals surface area contributed by atoms with Crippen molar-refractivity contribution in [3.8, 4) is 0 Å². The number of hydrogen-bond acceptors (Lipinski definition) is 4. The first kappa shape index (κ1) is 9.53. The molecule has 1 heterocycles. The Hall–Kier alpha value is -1.56. The molecule has 0 aliphatic rings. The van der Waals surface area contributed by atoms with Gasteiger partial charge in [0.15, 0.2) is 0 Å². The van der Waals surface area contributed by atoms with Gasteiger partial charge in [0, 0.05) is 0 Å². The second-order valence-corrected chi connectivity index (χ2v) is 2.80. The van der Waals surface area contributed by atoms with Crippen LogP contribution < -0.4 is 11.1 Å². The van der Waals surface area contributed by atoms with Crippen molar-refractivity contribution in [3.63, 3.8) is 0 Å². The van der Waals surface area contributed by atoms with Crippen LogP contribution in [0.5, 0.6) is 0 Å². The second kappa shape index (κ2) is 4.46. The van der Waals surface area contributed by atoms with E-state index in [0.717, 1.165) is 0 Å². The van der Waals surface area contributed by atoms with Crippen molar-refractivity contribution in [1.82, 2.24) is 15.5 Å². The van der Waals surface area contributed by atoms with E-state index in [9.17, 15) is 4.79 Å². The Kier molecular flexibility index (Phi) is 3.27. The Morgan fingerprint density at radius 1 is 1.62 bits per heavy atom. The summed E-state index contributed by atoms with van der Waals surface area (Å²) in [6.45, 7) is 0.191. The SMILES string of the molecule is NC(=S)CNC(=O)c1ccnnc1. The van der Waals surface area contributed by atoms with Crippen LogP contribution >= 0.6 is 12.2 Å². The number of carbonyl (C=O) groups excluding carboxylic acids is 1. The smallest absolute Gasteiger partial charge is 0.253 e. The minimum atomic E-state index is -0.261. The van der Waals surface area contributed by atoms with Gasteiger partial charge in [0.25, 0.3) is 5.91 Å². The van der Waals surface area contributed by atoms with E-state index in [1.165, 1.54) is 12.4 Å². The molecule has 0 bridgehead atoms. The molecule has 6 heteroatoms. The summed E-state index contributed by atoms with van der Waals surface area (Å²) >= 11 is 4.60. The van der Waals surface area contributed by atoms with Crippen molar-refractivity contribution in [1.29, 1.82) is 0 Å². The van der Waals surface area contributed by atoms with Crippen molar-refractivity contribution in [2.75, 3.05) is 6.54 Å². The van der Waals surface area contributed by atoms with Crippen molar-refractivity contribution >= 4 is 23.1 Å². The van der Waals surface area contributed by atoms with Crippen LogP contribution in [0.15, 0.2) is 18.5 Å². The highest BCUT2D eigenvalue weighted by Gasteiger charge is 2.03. The van der Waals surface area contributed by atoms with Gasteiger partial charge in [-0.1, -0.05) is 12.2 Å². The van der Waals surface area contributed by atoms with Gasteiger partial charge in [0.1, 0.15) is 0 Å². The third-order valence-electron chi connectivity index (χ3n) is 1.27. The van der Waals surface area contributed by atoms with Crippen LogP contribution in [0, 0.1) is 0 Å². The molecule has 3 N–H and O–H groups in total. The lowest BCUT2D eigenvalue weighted by Gasteiger charge is -2.01. The minimum absolute atomic E-state index is 0.191. The van der Waals surface area contributed by atoms with Crippen molar-refractivity contribution in [2.24, 2.45) is 5.73 Å². The Morgan fingerprint density at radius 2 is 2.38 bits per heavy atom. The topological polar surface area (TPSA) is 80.9 Å². The molecule has 1 amide bonds. The molecular weight excluding hydrogens is 188 g/mol. The number of thiocarbonyl (C=S) groups is 1. The van der Waals surface area contributed by atoms with Crippen LogP contribution in [-0.4, -0.2) is 27.6 Å². The molecule has 0 saturated carbocycles. The number of carbonyl (C=O) groups is 1. The fourth-order valence-corrected chi connectivity index (χ4v) is 0.767. The average molecular weight is 196 g/mol. The standard InChI is InChI=1S/C7H8N4OS/c8-6(13)4-9-7(12)5-1-2-10-11-3-5/h1-3H,4H2,(H2,8,13)(H,9,12). The van der Waals surface area contributed by atoms with Gasteiger partial charge in [0.2, 0.25) is 0 Å². The van der Waals surface area contributed by atoms with Gasteiger partial charge in [-0.3, -0.25) is 4.79 Å². The minimum Gasteiger partial charge on any atom is -0.392 e. The number of hydrogen-bond donors (Lipinski definition) is 2. The summed E-state index contributed by atoms with van der Waals surface area (Å²) in [7, 11) is 0. The van der Waals surface area contributed by atoms with E-state index in [-0.39, 0.29) is 17.4 Å². The third-order valence-corrected chi connectivity index (χ3v) is 1.41. The maximum Gasteiger partial charge on any atom is 0.253 e. The zero-order chi connectivity index (χ0) is 9.68. The highest BCUT2D eigenvalue weighted by atomic mass is 32.1. The van der Waals surface area contributed by atoms with E-state index in [0.29, 0.717) is 5.56 Å². The fourth-order valence-electron chi connectivity index (χ4n) is 0.694. The monoisotopic (exact) mass is 196 g/mol. The predicted molar refractivity (Wildman–Crippen MR) is 51.2 cm³/mol. The molecule has 0 aromatic carbocycles. The molecule has 68 valence electrons. The molecular formula is C7H8N4OS. The molecule has 1 rings (SSSR count). The van der Waals surface area contributed by atoms with Gasteiger partial charge in [-0.2, -0.15) is 10.2 Å². The van der Waals surface area contributed by atoms with Crippen molar-refractivity contribution in [3.05, 3.63) is 24.0 Å². The van der Waals surface area contributed by atoms with Gasteiger partial charge in [-0.25, -0.2) is 0 Å². The van der Waals surface area contributed by atoms with E-state index in [4.69, 9.17) is 5.73 Å². The van der Waals surface area contributed by atoms with Gasteiger partial charge < -0.3 is 11.1 Å². The maximum absolute atomic E-state index is 11.3. The van der Waals surface area contributed by atoms with Gasteiger partial charge in [0.05, 0.1) is 29.5 Å². The van der Waals surface area contributed by atoms with Gasteiger partial charge in [-0.05, 0) is 6.07 Å². The van der Waals surface area contributed by atoms with E-state index in [2.05, 4.69) is 27.7 Å². The quantitative estimate of drug-likeness (QED) is 0.636. The zero-order valence-corrected chi connectivity index (χ0v) is 7.54. The molecule has 1 aromatic rings. The fraction of sp³-hybridized carbons (Fsp3) is 0.143. The number of nitrogens with two attached hydrogens (primary N) is 1. The number of rotatable bonds is 3. The van der Waals surface area contributed by atoms with E-state index in [1.54, 1.807) is 6.07 Å². The van der Waals surface area contributed by atoms with E-state index in [1.807, 2.05) is 0 Å². The molecule has 0 atom stereocenters. The molecule has 0 aliphatic carbocycles. The van der Waals surface area contributed by atoms with Crippen molar-refractivity contribution < 1.29 is 4.79 Å². The molecule has 0 spiro atoms. The largest absolute Gasteiger partial charge is 0.392 e. The summed E-state index contributed by atoms with van der Waals surface area (Å²) in [4.78, 5) is 11.5. The first-order chi connectivity index (χ1) is 6.20. The molecule has 0 aliphatic heterocycles. The lowest BCUT2D eigenvalue weighted by molar-refractivity contribution is 0.0959. The van der Waals surface area contributed by atoms with Crippen LogP contribution in [0.1, 0.15) is 10.4 Å². The molecule has 0 unspecified atom stereocenters. The number of nitrogens with one attached hydrogen (secondary N) is 1. The number of amides is 1. The van der Waals surface area contributed by atoms with Gasteiger partial charge >= 0.3 is 0 Å². The Balaban J connectivity index is 2.54. The maximum atomic E-state index is 11.3. The third kappa shape index (κ3) is 3.12. The molecule has 0 saturated heterocycles. The average Bonchev–Trinajstić information content (AvgIpc) is 2.15. The molecule has 0 fully saturated rings. The molecule has 1 aromatic heterocycles. The summed E-state index contributed by atoms with van der Waals surface area (Å²) < 4.78 is 0. The van der Waals surface area contributed by atoms with Crippen LogP contribution in [0.2, 0.25) is 0 Å². The second-order valence-electron chi connectivity index (χ2n) is 2.28. The number of aromatic nitrogens is 2. The first-order valence-electron chi connectivity index (χ1n) is 3.53. The summed E-state index contributed by atoms with van der Waals surface area (Å²) in [5.41, 5.74) is 5.64. The van der Waals surface area contributed by atoms with E-state index < -0.39 is 0 Å². The lowest BCUT2D eigenvalue weighted by Crippen LogP contribution is -2.32. The predicted octanol–water partition coefficient (Wildman–Crippen LogP) is -0.508. The van der Waals surface area contributed by atoms with Crippen LogP contribution in [0.25, 0.3) is 0 Å². The molecule has 5 nitrogen and oxygen atoms in total. The van der Waals surface area contributed by atoms with E-state index >= 15 is 0 Å². The highest BCUT2D eigenvalue weighted by molar-refractivity contribution is 7.80. The number of nitrogens with zero attached hydrogens (tertiary/aromatic N) is 2. The lowest BCUT2D eigenvalue weighted by atomic mass is 10.3. The molecule has 0 radical (unpaired) electrons. The Labute approximate surface area is 80.3 Å². The summed E-state index contributed by atoms with van der Waals surface area (Å²) in [6, 6.07) is 1.56. The van der Waals surface area contributed by atoms with Gasteiger partial charge in [-0.15, -0.1) is 0 Å². The van der Waals surface area contributed by atoms with Crippen molar-refractivity contribution in [2.45, 2.75) is 0 Å². The summed E-state index contributed by atoms with van der Waals surface area (Å²) in [5.74, 6) is -0.261. The summed E-state index contributed by atoms with van der Waals surface area (Å²) in [5, 5.41) is 9.63. The first-order valence-corrected chi connectivity index (χ1v) is 3.94. The highest BCUT2D eigenvalue weighted by Crippen LogP contribution is 1.92. The normalized spacial score (nSPS) is 9.23.